The predicted molar refractivity (Wildman–Crippen MR) is 74.9 cm³/mol. The van der Waals surface area contributed by atoms with Crippen LogP contribution in [0.3, 0.4) is 0 Å². The van der Waals surface area contributed by atoms with Gasteiger partial charge in [0.2, 0.25) is 0 Å². The number of hydrogen-bond acceptors (Lipinski definition) is 2. The molecule has 1 aromatic rings. The molecule has 84 valence electrons. The third-order valence-corrected chi connectivity index (χ3v) is 5.12. The smallest absolute Gasteiger partial charge is 0.0842 e. The molecule has 3 rings (SSSR count). The lowest BCUT2D eigenvalue weighted by molar-refractivity contribution is 0.620. The van der Waals surface area contributed by atoms with Crippen LogP contribution in [0.15, 0.2) is 27.7 Å². The Labute approximate surface area is 109 Å². The van der Waals surface area contributed by atoms with Crippen LogP contribution in [0.25, 0.3) is 0 Å². The van der Waals surface area contributed by atoms with E-state index in [0.717, 1.165) is 0 Å². The van der Waals surface area contributed by atoms with E-state index >= 15 is 0 Å². The van der Waals surface area contributed by atoms with Crippen molar-refractivity contribution >= 4 is 38.4 Å². The number of benzene rings is 1. The molecule has 0 radical (unpaired) electrons. The zero-order valence-electron chi connectivity index (χ0n) is 9.29. The van der Waals surface area contributed by atoms with Crippen molar-refractivity contribution in [3.05, 3.63) is 28.2 Å². The van der Waals surface area contributed by atoms with Gasteiger partial charge in [-0.3, -0.25) is 0 Å². The third kappa shape index (κ3) is 1.41. The molecule has 0 atom stereocenters. The molecule has 1 fully saturated rings. The van der Waals surface area contributed by atoms with Gasteiger partial charge in [0.05, 0.1) is 10.7 Å². The van der Waals surface area contributed by atoms with Gasteiger partial charge in [-0.2, -0.15) is 0 Å². The molecule has 0 saturated heterocycles. The number of fused-ring (bicyclic) bond motifs is 2. The lowest BCUT2D eigenvalue weighted by atomic mass is 9.81. The molecule has 0 unspecified atom stereocenters. The van der Waals surface area contributed by atoms with Crippen molar-refractivity contribution in [1.82, 2.24) is 0 Å². The maximum atomic E-state index is 4.81. The summed E-state index contributed by atoms with van der Waals surface area (Å²) in [6.07, 6.45) is 7.38. The zero-order chi connectivity index (χ0) is 11.2. The van der Waals surface area contributed by atoms with Gasteiger partial charge in [-0.05, 0) is 42.9 Å². The van der Waals surface area contributed by atoms with Crippen LogP contribution < -0.4 is 0 Å². The zero-order valence-corrected chi connectivity index (χ0v) is 11.7. The molecule has 0 aromatic heterocycles. The molecule has 1 aliphatic carbocycles. The number of rotatable bonds is 0. The fourth-order valence-electron chi connectivity index (χ4n) is 3.02. The Kier molecular flexibility index (Phi) is 2.63. The van der Waals surface area contributed by atoms with E-state index in [2.05, 4.69) is 40.4 Å². The lowest BCUT2D eigenvalue weighted by Gasteiger charge is -2.25. The minimum atomic E-state index is 0.262. The number of nitrogens with zero attached hydrogens (tertiary/aromatic N) is 1. The highest BCUT2D eigenvalue weighted by Gasteiger charge is 2.45. The molecule has 1 aromatic carbocycles. The van der Waals surface area contributed by atoms with Crippen molar-refractivity contribution in [3.63, 3.8) is 0 Å². The number of hydrogen-bond donors (Lipinski definition) is 0. The number of thioether (sulfide) groups is 1. The highest BCUT2D eigenvalue weighted by molar-refractivity contribution is 9.10. The minimum absolute atomic E-state index is 0.262. The van der Waals surface area contributed by atoms with E-state index in [1.54, 1.807) is 0 Å². The van der Waals surface area contributed by atoms with Crippen molar-refractivity contribution in [2.45, 2.75) is 31.1 Å². The molecule has 1 heterocycles. The normalized spacial score (nSPS) is 21.2. The molecule has 0 bridgehead atoms. The minimum Gasteiger partial charge on any atom is -0.245 e. The van der Waals surface area contributed by atoms with E-state index in [4.69, 9.17) is 4.99 Å². The van der Waals surface area contributed by atoms with Gasteiger partial charge in [0.1, 0.15) is 0 Å². The third-order valence-electron chi connectivity index (χ3n) is 3.76. The highest BCUT2D eigenvalue weighted by atomic mass is 79.9. The van der Waals surface area contributed by atoms with E-state index in [9.17, 15) is 0 Å². The van der Waals surface area contributed by atoms with Crippen LogP contribution in [0.5, 0.6) is 0 Å². The summed E-state index contributed by atoms with van der Waals surface area (Å²) in [6.45, 7) is 0. The standard InChI is InChI=1S/C13H14BrNS/c1-16-12-13(6-2-3-7-13)10-8-9(14)4-5-11(10)15-12/h4-5,8H,2-3,6-7H2,1H3. The molecule has 1 saturated carbocycles. The van der Waals surface area contributed by atoms with Crippen molar-refractivity contribution in [1.29, 1.82) is 0 Å². The first kappa shape index (κ1) is 10.8. The average molecular weight is 296 g/mol. The first-order valence-electron chi connectivity index (χ1n) is 5.69. The Morgan fingerprint density at radius 2 is 2.06 bits per heavy atom. The largest absolute Gasteiger partial charge is 0.245 e. The van der Waals surface area contributed by atoms with Crippen LogP contribution in [0.4, 0.5) is 5.69 Å². The van der Waals surface area contributed by atoms with Gasteiger partial charge in [0.15, 0.2) is 0 Å². The van der Waals surface area contributed by atoms with Crippen LogP contribution in [0.2, 0.25) is 0 Å². The topological polar surface area (TPSA) is 12.4 Å². The summed E-state index contributed by atoms with van der Waals surface area (Å²) in [4.78, 5) is 4.81. The van der Waals surface area contributed by atoms with Crippen molar-refractivity contribution in [2.24, 2.45) is 4.99 Å². The molecule has 1 spiro atoms. The van der Waals surface area contributed by atoms with E-state index in [1.165, 1.54) is 46.5 Å². The Morgan fingerprint density at radius 1 is 1.31 bits per heavy atom. The monoisotopic (exact) mass is 295 g/mol. The highest BCUT2D eigenvalue weighted by Crippen LogP contribution is 2.52. The van der Waals surface area contributed by atoms with Crippen LogP contribution in [0.1, 0.15) is 31.2 Å². The molecule has 0 amide bonds. The summed E-state index contributed by atoms with van der Waals surface area (Å²) in [6, 6.07) is 6.50. The van der Waals surface area contributed by atoms with Crippen LogP contribution >= 0.6 is 27.7 Å². The van der Waals surface area contributed by atoms with E-state index in [0.29, 0.717) is 0 Å². The van der Waals surface area contributed by atoms with Gasteiger partial charge in [-0.15, -0.1) is 11.8 Å². The molecule has 3 heteroatoms. The van der Waals surface area contributed by atoms with Crippen LogP contribution in [0, 0.1) is 0 Å². The second kappa shape index (κ2) is 3.88. The molecule has 2 aliphatic rings. The summed E-state index contributed by atoms with van der Waals surface area (Å²) in [5.74, 6) is 0. The van der Waals surface area contributed by atoms with E-state index in [-0.39, 0.29) is 5.41 Å². The van der Waals surface area contributed by atoms with Crippen molar-refractivity contribution in [3.8, 4) is 0 Å². The first-order chi connectivity index (χ1) is 7.76. The molecular weight excluding hydrogens is 282 g/mol. The van der Waals surface area contributed by atoms with E-state index in [1.807, 2.05) is 11.8 Å². The van der Waals surface area contributed by atoms with Gasteiger partial charge in [0, 0.05) is 9.89 Å². The Hall–Kier alpha value is -0.280. The summed E-state index contributed by atoms with van der Waals surface area (Å²) < 4.78 is 1.18. The van der Waals surface area contributed by atoms with Gasteiger partial charge in [-0.1, -0.05) is 28.8 Å². The second-order valence-electron chi connectivity index (χ2n) is 4.57. The summed E-state index contributed by atoms with van der Waals surface area (Å²) in [5, 5.41) is 1.33. The van der Waals surface area contributed by atoms with Crippen molar-refractivity contribution in [2.75, 3.05) is 6.26 Å². The fraction of sp³-hybridized carbons (Fsp3) is 0.462. The summed E-state index contributed by atoms with van der Waals surface area (Å²) in [5.41, 5.74) is 2.90. The summed E-state index contributed by atoms with van der Waals surface area (Å²) in [7, 11) is 0. The van der Waals surface area contributed by atoms with Gasteiger partial charge < -0.3 is 0 Å². The molecule has 1 nitrogen and oxygen atoms in total. The van der Waals surface area contributed by atoms with Gasteiger partial charge >= 0.3 is 0 Å². The van der Waals surface area contributed by atoms with Gasteiger partial charge in [-0.25, -0.2) is 4.99 Å². The lowest BCUT2D eigenvalue weighted by Crippen LogP contribution is -2.27. The number of halogens is 1. The second-order valence-corrected chi connectivity index (χ2v) is 6.28. The Morgan fingerprint density at radius 3 is 2.75 bits per heavy atom. The van der Waals surface area contributed by atoms with Crippen LogP contribution in [-0.2, 0) is 5.41 Å². The van der Waals surface area contributed by atoms with Crippen molar-refractivity contribution < 1.29 is 0 Å². The maximum Gasteiger partial charge on any atom is 0.0842 e. The molecular formula is C13H14BrNS. The average Bonchev–Trinajstić information content (AvgIpc) is 2.87. The SMILES string of the molecule is CSC1=Nc2ccc(Br)cc2C12CCCC2. The number of aliphatic imine (C=N–C) groups is 1. The molecule has 16 heavy (non-hydrogen) atoms. The van der Waals surface area contributed by atoms with E-state index < -0.39 is 0 Å². The molecule has 0 N–H and O–H groups in total. The Balaban J connectivity index is 2.18. The predicted octanol–water partition coefficient (Wildman–Crippen LogP) is 4.67. The first-order valence-corrected chi connectivity index (χ1v) is 7.71. The van der Waals surface area contributed by atoms with Gasteiger partial charge in [0.25, 0.3) is 0 Å². The Bertz CT molecular complexity index is 461. The quantitative estimate of drug-likeness (QED) is 0.678. The van der Waals surface area contributed by atoms with Crippen LogP contribution in [-0.4, -0.2) is 11.3 Å². The fourth-order valence-corrected chi connectivity index (χ4v) is 4.28. The summed E-state index contributed by atoms with van der Waals surface area (Å²) >= 11 is 5.41. The maximum absolute atomic E-state index is 4.81. The molecule has 1 aliphatic heterocycles.